The summed E-state index contributed by atoms with van der Waals surface area (Å²) in [7, 11) is 0. The van der Waals surface area contributed by atoms with Crippen molar-refractivity contribution < 1.29 is 9.53 Å². The summed E-state index contributed by atoms with van der Waals surface area (Å²) >= 11 is 0. The summed E-state index contributed by atoms with van der Waals surface area (Å²) in [5.41, 5.74) is 7.55. The van der Waals surface area contributed by atoms with Crippen LogP contribution < -0.4 is 15.8 Å². The fourth-order valence-corrected chi connectivity index (χ4v) is 3.30. The molecule has 1 aliphatic rings. The maximum atomic E-state index is 11.3. The highest BCUT2D eigenvalue weighted by atomic mass is 16.5. The Morgan fingerprint density at radius 3 is 2.90 bits per heavy atom. The van der Waals surface area contributed by atoms with E-state index in [1.54, 1.807) is 4.68 Å². The van der Waals surface area contributed by atoms with Gasteiger partial charge in [0.05, 0.1) is 17.6 Å². The number of carbonyl (C=O) groups excluding carboxylic acids is 1. The van der Waals surface area contributed by atoms with Crippen molar-refractivity contribution in [2.75, 3.05) is 12.3 Å². The quantitative estimate of drug-likeness (QED) is 0.614. The van der Waals surface area contributed by atoms with Crippen LogP contribution in [-0.4, -0.2) is 32.2 Å². The van der Waals surface area contributed by atoms with E-state index in [2.05, 4.69) is 15.3 Å². The number of hydrogen-bond acceptors (Lipinski definition) is 6. The third kappa shape index (κ3) is 4.00. The third-order valence-electron chi connectivity index (χ3n) is 4.72. The Bertz CT molecular complexity index is 1170. The van der Waals surface area contributed by atoms with E-state index in [4.69, 9.17) is 22.0 Å². The lowest BCUT2D eigenvalue weighted by molar-refractivity contribution is -0.115. The van der Waals surface area contributed by atoms with E-state index in [1.165, 1.54) is 6.33 Å². The molecule has 0 aliphatic heterocycles. The largest absolute Gasteiger partial charge is 0.458 e. The first kappa shape index (κ1) is 19.2. The van der Waals surface area contributed by atoms with E-state index in [9.17, 15) is 4.79 Å². The molecular weight excluding hydrogens is 380 g/mol. The van der Waals surface area contributed by atoms with E-state index in [1.807, 2.05) is 54.5 Å². The highest BCUT2D eigenvalue weighted by Crippen LogP contribution is 2.33. The molecule has 30 heavy (non-hydrogen) atoms. The van der Waals surface area contributed by atoms with Crippen LogP contribution in [0.2, 0.25) is 0 Å². The maximum Gasteiger partial charge on any atom is 0.295 e. The highest BCUT2D eigenvalue weighted by Gasteiger charge is 2.22. The molecular formula is C22H20N6O2. The van der Waals surface area contributed by atoms with Crippen molar-refractivity contribution in [3.8, 4) is 18.1 Å². The van der Waals surface area contributed by atoms with Crippen molar-refractivity contribution >= 4 is 22.8 Å². The zero-order chi connectivity index (χ0) is 20.9. The molecule has 0 saturated carbocycles. The van der Waals surface area contributed by atoms with Crippen LogP contribution >= 0.6 is 0 Å². The van der Waals surface area contributed by atoms with Crippen LogP contribution in [0.15, 0.2) is 60.6 Å². The number of allylic oxidation sites excluding steroid dienone is 3. The van der Waals surface area contributed by atoms with Crippen molar-refractivity contribution in [1.82, 2.24) is 25.1 Å². The van der Waals surface area contributed by atoms with Gasteiger partial charge in [-0.25, -0.2) is 14.6 Å². The van der Waals surface area contributed by atoms with Crippen molar-refractivity contribution in [1.29, 1.82) is 0 Å². The topological polar surface area (TPSA) is 108 Å². The maximum absolute atomic E-state index is 11.3. The first-order chi connectivity index (χ1) is 14.7. The zero-order valence-electron chi connectivity index (χ0n) is 16.2. The molecule has 1 amide bonds. The van der Waals surface area contributed by atoms with Crippen LogP contribution in [0.3, 0.4) is 0 Å². The second-order valence-electron chi connectivity index (χ2n) is 6.69. The summed E-state index contributed by atoms with van der Waals surface area (Å²) in [5, 5.41) is 8.06. The first-order valence-electron chi connectivity index (χ1n) is 9.48. The number of rotatable bonds is 6. The number of nitrogens with zero attached hydrogens (tertiary/aromatic N) is 4. The number of carbonyl (C=O) groups is 1. The summed E-state index contributed by atoms with van der Waals surface area (Å²) < 4.78 is 7.60. The molecule has 0 spiro atoms. The predicted octanol–water partition coefficient (Wildman–Crippen LogP) is 2.16. The minimum atomic E-state index is -0.466. The van der Waals surface area contributed by atoms with Gasteiger partial charge < -0.3 is 15.8 Å². The molecule has 4 rings (SSSR count). The molecule has 1 aromatic carbocycles. The van der Waals surface area contributed by atoms with Gasteiger partial charge in [-0.15, -0.1) is 6.42 Å². The Morgan fingerprint density at radius 2 is 2.17 bits per heavy atom. The van der Waals surface area contributed by atoms with Gasteiger partial charge in [-0.3, -0.25) is 4.79 Å². The number of nitrogen functional groups attached to an aromatic ring is 1. The molecule has 0 radical (unpaired) electrons. The molecule has 1 atom stereocenters. The average molecular weight is 400 g/mol. The van der Waals surface area contributed by atoms with E-state index in [-0.39, 0.29) is 5.92 Å². The molecule has 1 unspecified atom stereocenters. The Hall–Kier alpha value is -4.12. The van der Waals surface area contributed by atoms with Gasteiger partial charge >= 0.3 is 0 Å². The number of aromatic nitrogens is 4. The van der Waals surface area contributed by atoms with Gasteiger partial charge in [-0.1, -0.05) is 24.3 Å². The molecule has 0 saturated heterocycles. The van der Waals surface area contributed by atoms with E-state index >= 15 is 0 Å². The van der Waals surface area contributed by atoms with Crippen LogP contribution in [0.1, 0.15) is 18.0 Å². The van der Waals surface area contributed by atoms with Crippen LogP contribution in [0.4, 0.5) is 5.82 Å². The van der Waals surface area contributed by atoms with Crippen molar-refractivity contribution in [3.63, 3.8) is 0 Å². The zero-order valence-corrected chi connectivity index (χ0v) is 16.2. The lowest BCUT2D eigenvalue weighted by Gasteiger charge is -2.15. The summed E-state index contributed by atoms with van der Waals surface area (Å²) in [6.07, 6.45) is 13.2. The monoisotopic (exact) mass is 400 g/mol. The summed E-state index contributed by atoms with van der Waals surface area (Å²) in [4.78, 5) is 19.7. The molecule has 0 bridgehead atoms. The number of para-hydroxylation sites is 1. The summed E-state index contributed by atoms with van der Waals surface area (Å²) in [5.74, 6) is 3.50. The number of nitrogens with two attached hydrogens (primary N) is 1. The van der Waals surface area contributed by atoms with Gasteiger partial charge in [0.15, 0.2) is 5.65 Å². The number of fused-ring (bicyclic) bond motifs is 1. The Labute approximate surface area is 173 Å². The standard InChI is InChI=1S/C22H20N6O2/c1-2-18(29)24-12-13-28-22-19(21(23)25-14-26-22)20(27-28)15-8-10-17(11-9-15)30-16-6-4-3-5-7-16/h1,3-8,10-11,14-15H,9,12-13H2,(H,24,29)(H2,23,25,26). The molecule has 1 aliphatic carbocycles. The first-order valence-corrected chi connectivity index (χ1v) is 9.48. The van der Waals surface area contributed by atoms with Crippen LogP contribution in [0.5, 0.6) is 5.75 Å². The van der Waals surface area contributed by atoms with Crippen molar-refractivity contribution in [2.24, 2.45) is 0 Å². The molecule has 2 aromatic heterocycles. The molecule has 8 nitrogen and oxygen atoms in total. The third-order valence-corrected chi connectivity index (χ3v) is 4.72. The smallest absolute Gasteiger partial charge is 0.295 e. The van der Waals surface area contributed by atoms with E-state index in [0.717, 1.165) is 22.6 Å². The van der Waals surface area contributed by atoms with Gasteiger partial charge in [0.1, 0.15) is 23.7 Å². The lowest BCUT2D eigenvalue weighted by atomic mass is 9.95. The van der Waals surface area contributed by atoms with Crippen LogP contribution in [0, 0.1) is 12.3 Å². The van der Waals surface area contributed by atoms with Crippen LogP contribution in [0.25, 0.3) is 11.0 Å². The van der Waals surface area contributed by atoms with Crippen molar-refractivity contribution in [2.45, 2.75) is 18.9 Å². The minimum Gasteiger partial charge on any atom is -0.458 e. The molecule has 0 fully saturated rings. The fraction of sp³-hybridized carbons (Fsp3) is 0.182. The predicted molar refractivity (Wildman–Crippen MR) is 113 cm³/mol. The molecule has 2 heterocycles. The number of anilines is 1. The molecule has 3 aromatic rings. The summed E-state index contributed by atoms with van der Waals surface area (Å²) in [6.45, 7) is 0.744. The highest BCUT2D eigenvalue weighted by molar-refractivity contribution is 5.92. The molecule has 150 valence electrons. The van der Waals surface area contributed by atoms with Crippen molar-refractivity contribution in [3.05, 3.63) is 66.3 Å². The SMILES string of the molecule is C#CC(=O)NCCn1nc(C2C=CC(Oc3ccccc3)=CC2)c2c(N)ncnc21. The average Bonchev–Trinajstić information content (AvgIpc) is 3.15. The lowest BCUT2D eigenvalue weighted by Crippen LogP contribution is -2.26. The van der Waals surface area contributed by atoms with Crippen LogP contribution in [-0.2, 0) is 11.3 Å². The summed E-state index contributed by atoms with van der Waals surface area (Å²) in [6, 6.07) is 9.62. The van der Waals surface area contributed by atoms with Gasteiger partial charge in [-0.05, 0) is 36.6 Å². The molecule has 8 heteroatoms. The van der Waals surface area contributed by atoms with E-state index < -0.39 is 5.91 Å². The second-order valence-corrected chi connectivity index (χ2v) is 6.69. The second kappa shape index (κ2) is 8.49. The Balaban J connectivity index is 1.55. The number of amides is 1. The number of hydrogen-bond donors (Lipinski definition) is 2. The van der Waals surface area contributed by atoms with Gasteiger partial charge in [-0.2, -0.15) is 5.10 Å². The number of terminal acetylenes is 1. The van der Waals surface area contributed by atoms with E-state index in [0.29, 0.717) is 31.0 Å². The number of nitrogens with one attached hydrogen (secondary N) is 1. The number of ether oxygens (including phenoxy) is 1. The Kier molecular flexibility index (Phi) is 5.44. The fourth-order valence-electron chi connectivity index (χ4n) is 3.30. The normalized spacial score (nSPS) is 15.4. The van der Waals surface area contributed by atoms with Gasteiger partial charge in [0.2, 0.25) is 0 Å². The molecule has 3 N–H and O–H groups in total. The Morgan fingerprint density at radius 1 is 1.33 bits per heavy atom. The van der Waals surface area contributed by atoms with Gasteiger partial charge in [0, 0.05) is 12.5 Å². The van der Waals surface area contributed by atoms with Gasteiger partial charge in [0.25, 0.3) is 5.91 Å². The minimum absolute atomic E-state index is 0.00507. The number of benzene rings is 1.